The Bertz CT molecular complexity index is 1110. The molecule has 0 saturated carbocycles. The number of amides is 4. The highest BCUT2D eigenvalue weighted by Crippen LogP contribution is 2.35. The zero-order valence-corrected chi connectivity index (χ0v) is 18.7. The number of likely N-dealkylation sites (N-methyl/N-ethyl adjacent to an activating group) is 1. The predicted molar refractivity (Wildman–Crippen MR) is 121 cm³/mol. The number of nitrogens with zero attached hydrogens (tertiary/aromatic N) is 2. The van der Waals surface area contributed by atoms with Gasteiger partial charge in [-0.05, 0) is 73.3 Å². The summed E-state index contributed by atoms with van der Waals surface area (Å²) in [6.07, 6.45) is 6.08. The monoisotopic (exact) mass is 431 g/mol. The molecule has 2 aromatic rings. The van der Waals surface area contributed by atoms with E-state index in [2.05, 4.69) is 23.5 Å². The molecule has 0 spiro atoms. The lowest BCUT2D eigenvalue weighted by Crippen LogP contribution is -2.44. The third-order valence-electron chi connectivity index (χ3n) is 7.44. The Hall–Kier alpha value is -3.15. The Morgan fingerprint density at radius 3 is 2.66 bits per heavy atom. The summed E-state index contributed by atoms with van der Waals surface area (Å²) in [7, 11) is 1.77. The SMILES string of the molecule is CN(C(=O)CN1C(=O)N[C@](C)(c2ccc3c(c2)CCC3)C1=O)[C@H]1CCCc2ccccc21. The highest BCUT2D eigenvalue weighted by atomic mass is 16.2. The van der Waals surface area contributed by atoms with Crippen molar-refractivity contribution in [3.8, 4) is 0 Å². The number of nitrogens with one attached hydrogen (secondary N) is 1. The molecular weight excluding hydrogens is 402 g/mol. The van der Waals surface area contributed by atoms with Crippen molar-refractivity contribution in [1.29, 1.82) is 0 Å². The molecule has 3 aliphatic rings. The van der Waals surface area contributed by atoms with Crippen LogP contribution in [0.15, 0.2) is 42.5 Å². The molecule has 1 N–H and O–H groups in total. The van der Waals surface area contributed by atoms with Crippen LogP contribution in [0, 0.1) is 0 Å². The van der Waals surface area contributed by atoms with Gasteiger partial charge < -0.3 is 10.2 Å². The van der Waals surface area contributed by atoms with Crippen molar-refractivity contribution in [2.75, 3.05) is 13.6 Å². The van der Waals surface area contributed by atoms with E-state index >= 15 is 0 Å². The summed E-state index contributed by atoms with van der Waals surface area (Å²) in [6, 6.07) is 13.7. The summed E-state index contributed by atoms with van der Waals surface area (Å²) < 4.78 is 0. The third kappa shape index (κ3) is 3.29. The van der Waals surface area contributed by atoms with Gasteiger partial charge in [0.1, 0.15) is 12.1 Å². The topological polar surface area (TPSA) is 69.7 Å². The van der Waals surface area contributed by atoms with Crippen LogP contribution >= 0.6 is 0 Å². The van der Waals surface area contributed by atoms with E-state index in [4.69, 9.17) is 0 Å². The summed E-state index contributed by atoms with van der Waals surface area (Å²) in [5.41, 5.74) is 4.62. The molecule has 5 rings (SSSR count). The zero-order valence-electron chi connectivity index (χ0n) is 18.7. The molecule has 166 valence electrons. The van der Waals surface area contributed by atoms with Gasteiger partial charge in [-0.3, -0.25) is 14.5 Å². The van der Waals surface area contributed by atoms with E-state index in [1.54, 1.807) is 18.9 Å². The molecule has 1 saturated heterocycles. The van der Waals surface area contributed by atoms with Gasteiger partial charge in [-0.1, -0.05) is 42.5 Å². The first-order valence-corrected chi connectivity index (χ1v) is 11.5. The van der Waals surface area contributed by atoms with E-state index in [0.717, 1.165) is 54.6 Å². The largest absolute Gasteiger partial charge is 0.337 e. The summed E-state index contributed by atoms with van der Waals surface area (Å²) in [4.78, 5) is 42.0. The minimum absolute atomic E-state index is 0.0312. The van der Waals surface area contributed by atoms with Crippen LogP contribution in [0.25, 0.3) is 0 Å². The average Bonchev–Trinajstić information content (AvgIpc) is 3.36. The summed E-state index contributed by atoms with van der Waals surface area (Å²) >= 11 is 0. The van der Waals surface area contributed by atoms with E-state index in [0.29, 0.717) is 0 Å². The van der Waals surface area contributed by atoms with Crippen LogP contribution in [0.2, 0.25) is 0 Å². The average molecular weight is 432 g/mol. The van der Waals surface area contributed by atoms with Crippen LogP contribution in [-0.4, -0.2) is 41.2 Å². The van der Waals surface area contributed by atoms with Crippen LogP contribution < -0.4 is 5.32 Å². The molecule has 0 radical (unpaired) electrons. The molecule has 32 heavy (non-hydrogen) atoms. The number of hydrogen-bond acceptors (Lipinski definition) is 3. The van der Waals surface area contributed by atoms with Gasteiger partial charge in [0.25, 0.3) is 5.91 Å². The standard InChI is InChI=1S/C26H29N3O3/c1-26(20-14-13-17-8-5-10-19(17)15-20)24(31)29(25(32)27-26)16-23(30)28(2)22-12-6-9-18-7-3-4-11-21(18)22/h3-4,7,11,13-15,22H,5-6,8-10,12,16H2,1-2H3,(H,27,32)/t22-,26+/m0/s1. The predicted octanol–water partition coefficient (Wildman–Crippen LogP) is 3.48. The molecule has 6 nitrogen and oxygen atoms in total. The summed E-state index contributed by atoms with van der Waals surface area (Å²) in [6.45, 7) is 1.48. The molecular formula is C26H29N3O3. The molecule has 4 amide bonds. The van der Waals surface area contributed by atoms with Crippen LogP contribution in [0.1, 0.15) is 60.0 Å². The van der Waals surface area contributed by atoms with Gasteiger partial charge in [-0.25, -0.2) is 4.79 Å². The molecule has 2 atom stereocenters. The number of hydrogen-bond donors (Lipinski definition) is 1. The Labute approximate surface area is 188 Å². The van der Waals surface area contributed by atoms with Crippen molar-refractivity contribution < 1.29 is 14.4 Å². The summed E-state index contributed by atoms with van der Waals surface area (Å²) in [5.74, 6) is -0.598. The van der Waals surface area contributed by atoms with E-state index in [-0.39, 0.29) is 24.4 Å². The van der Waals surface area contributed by atoms with E-state index < -0.39 is 11.6 Å². The Kier molecular flexibility index (Phi) is 5.03. The first-order chi connectivity index (χ1) is 15.4. The lowest BCUT2D eigenvalue weighted by atomic mass is 9.87. The fourth-order valence-corrected chi connectivity index (χ4v) is 5.47. The van der Waals surface area contributed by atoms with E-state index in [9.17, 15) is 14.4 Å². The van der Waals surface area contributed by atoms with Crippen molar-refractivity contribution in [3.63, 3.8) is 0 Å². The Morgan fingerprint density at radius 1 is 1.06 bits per heavy atom. The first-order valence-electron chi connectivity index (χ1n) is 11.5. The maximum absolute atomic E-state index is 13.3. The molecule has 6 heteroatoms. The number of aryl methyl sites for hydroxylation is 3. The highest BCUT2D eigenvalue weighted by Gasteiger charge is 2.50. The lowest BCUT2D eigenvalue weighted by molar-refractivity contribution is -0.139. The molecule has 0 bridgehead atoms. The molecule has 2 aromatic carbocycles. The molecule has 1 heterocycles. The number of imide groups is 1. The van der Waals surface area contributed by atoms with Gasteiger partial charge >= 0.3 is 6.03 Å². The highest BCUT2D eigenvalue weighted by molar-refractivity contribution is 6.09. The number of benzene rings is 2. The first kappa shape index (κ1) is 20.7. The van der Waals surface area contributed by atoms with Crippen molar-refractivity contribution in [1.82, 2.24) is 15.1 Å². The molecule has 0 unspecified atom stereocenters. The number of urea groups is 1. The van der Waals surface area contributed by atoms with E-state index in [1.807, 2.05) is 24.3 Å². The zero-order chi connectivity index (χ0) is 22.5. The van der Waals surface area contributed by atoms with Crippen LogP contribution in [0.4, 0.5) is 4.79 Å². The van der Waals surface area contributed by atoms with Gasteiger partial charge in [0.2, 0.25) is 5.91 Å². The second-order valence-corrected chi connectivity index (χ2v) is 9.39. The third-order valence-corrected chi connectivity index (χ3v) is 7.44. The van der Waals surface area contributed by atoms with Crippen LogP contribution in [0.3, 0.4) is 0 Å². The molecule has 1 fully saturated rings. The number of rotatable bonds is 4. The Morgan fingerprint density at radius 2 is 1.81 bits per heavy atom. The van der Waals surface area contributed by atoms with Crippen LogP contribution in [0.5, 0.6) is 0 Å². The normalized spacial score (nSPS) is 24.2. The van der Waals surface area contributed by atoms with Crippen molar-refractivity contribution in [2.45, 2.75) is 57.0 Å². The minimum atomic E-state index is -1.15. The quantitative estimate of drug-likeness (QED) is 0.754. The van der Waals surface area contributed by atoms with Crippen molar-refractivity contribution >= 4 is 17.8 Å². The van der Waals surface area contributed by atoms with Gasteiger partial charge in [0.05, 0.1) is 6.04 Å². The second kappa shape index (κ2) is 7.76. The van der Waals surface area contributed by atoms with Crippen molar-refractivity contribution in [2.24, 2.45) is 0 Å². The molecule has 0 aromatic heterocycles. The fourth-order valence-electron chi connectivity index (χ4n) is 5.47. The van der Waals surface area contributed by atoms with Gasteiger partial charge in [-0.15, -0.1) is 0 Å². The second-order valence-electron chi connectivity index (χ2n) is 9.39. The Balaban J connectivity index is 1.34. The maximum Gasteiger partial charge on any atom is 0.325 e. The van der Waals surface area contributed by atoms with E-state index in [1.165, 1.54) is 16.7 Å². The number of carbonyl (C=O) groups excluding carboxylic acids is 3. The van der Waals surface area contributed by atoms with Crippen molar-refractivity contribution in [3.05, 3.63) is 70.3 Å². The minimum Gasteiger partial charge on any atom is -0.337 e. The number of carbonyl (C=O) groups is 3. The van der Waals surface area contributed by atoms with Crippen LogP contribution in [-0.2, 0) is 34.4 Å². The summed E-state index contributed by atoms with van der Waals surface area (Å²) in [5, 5.41) is 2.84. The van der Waals surface area contributed by atoms with Gasteiger partial charge in [-0.2, -0.15) is 0 Å². The lowest BCUT2D eigenvalue weighted by Gasteiger charge is -2.34. The fraction of sp³-hybridized carbons (Fsp3) is 0.423. The smallest absolute Gasteiger partial charge is 0.325 e. The van der Waals surface area contributed by atoms with Gasteiger partial charge in [0, 0.05) is 7.05 Å². The molecule has 2 aliphatic carbocycles. The maximum atomic E-state index is 13.3. The number of fused-ring (bicyclic) bond motifs is 2. The van der Waals surface area contributed by atoms with Gasteiger partial charge in [0.15, 0.2) is 0 Å². The molecule has 1 aliphatic heterocycles.